The Labute approximate surface area is 99.8 Å². The molecule has 0 aliphatic heterocycles. The predicted molar refractivity (Wildman–Crippen MR) is 67.5 cm³/mol. The minimum Gasteiger partial charge on any atom is -0.495 e. The second-order valence-corrected chi connectivity index (χ2v) is 3.55. The number of ether oxygens (including phenoxy) is 1. The Kier molecular flexibility index (Phi) is 3.09. The van der Waals surface area contributed by atoms with Gasteiger partial charge in [-0.3, -0.25) is 0 Å². The number of benzene rings is 1. The van der Waals surface area contributed by atoms with Gasteiger partial charge in [-0.2, -0.15) is 0 Å². The Morgan fingerprint density at radius 1 is 1.12 bits per heavy atom. The Morgan fingerprint density at radius 3 is 2.53 bits per heavy atom. The first kappa shape index (κ1) is 11.2. The summed E-state index contributed by atoms with van der Waals surface area (Å²) in [5.74, 6) is 1.90. The van der Waals surface area contributed by atoms with E-state index in [-0.39, 0.29) is 0 Å². The summed E-state index contributed by atoms with van der Waals surface area (Å²) in [7, 11) is 3.54. The van der Waals surface area contributed by atoms with Gasteiger partial charge in [0.1, 0.15) is 11.6 Å². The van der Waals surface area contributed by atoms with Gasteiger partial charge in [-0.15, -0.1) is 10.2 Å². The number of nitrogen functional groups attached to an aromatic ring is 1. The second kappa shape index (κ2) is 4.69. The minimum absolute atomic E-state index is 0.405. The van der Waals surface area contributed by atoms with Crippen molar-refractivity contribution in [3.63, 3.8) is 0 Å². The Bertz CT molecular complexity index is 498. The standard InChI is InChI=1S/C12H14N4O/c1-16(12-8-7-11(13)14-15-12)9-5-3-4-6-10(9)17-2/h3-8H,1-2H3,(H2,13,14). The molecule has 2 N–H and O–H groups in total. The Balaban J connectivity index is 2.36. The molecular weight excluding hydrogens is 216 g/mol. The number of nitrogens with two attached hydrogens (primary N) is 1. The number of anilines is 3. The molecule has 0 spiro atoms. The molecule has 1 heterocycles. The highest BCUT2D eigenvalue weighted by molar-refractivity contribution is 5.66. The average molecular weight is 230 g/mol. The maximum atomic E-state index is 5.50. The van der Waals surface area contributed by atoms with Crippen molar-refractivity contribution < 1.29 is 4.74 Å². The molecular formula is C12H14N4O. The number of hydrogen-bond acceptors (Lipinski definition) is 5. The quantitative estimate of drug-likeness (QED) is 0.871. The summed E-state index contributed by atoms with van der Waals surface area (Å²) in [6.45, 7) is 0. The fourth-order valence-corrected chi connectivity index (χ4v) is 1.54. The molecule has 0 unspecified atom stereocenters. The van der Waals surface area contributed by atoms with Gasteiger partial charge in [0.05, 0.1) is 12.8 Å². The lowest BCUT2D eigenvalue weighted by molar-refractivity contribution is 0.415. The lowest BCUT2D eigenvalue weighted by Gasteiger charge is -2.20. The summed E-state index contributed by atoms with van der Waals surface area (Å²) in [6, 6.07) is 11.3. The maximum Gasteiger partial charge on any atom is 0.155 e. The molecule has 88 valence electrons. The van der Waals surface area contributed by atoms with Crippen LogP contribution in [0.1, 0.15) is 0 Å². The number of methoxy groups -OCH3 is 1. The van der Waals surface area contributed by atoms with E-state index in [4.69, 9.17) is 10.5 Å². The van der Waals surface area contributed by atoms with Crippen LogP contribution in [0.2, 0.25) is 0 Å². The molecule has 2 rings (SSSR count). The number of para-hydroxylation sites is 2. The number of aromatic nitrogens is 2. The molecule has 17 heavy (non-hydrogen) atoms. The minimum atomic E-state index is 0.405. The first-order valence-corrected chi connectivity index (χ1v) is 5.18. The van der Waals surface area contributed by atoms with Gasteiger partial charge in [-0.25, -0.2) is 0 Å². The van der Waals surface area contributed by atoms with Crippen LogP contribution in [0, 0.1) is 0 Å². The highest BCUT2D eigenvalue weighted by Gasteiger charge is 2.10. The fourth-order valence-electron chi connectivity index (χ4n) is 1.54. The molecule has 0 aliphatic carbocycles. The van der Waals surface area contributed by atoms with Crippen LogP contribution in [0.5, 0.6) is 5.75 Å². The zero-order valence-corrected chi connectivity index (χ0v) is 9.79. The fraction of sp³-hybridized carbons (Fsp3) is 0.167. The van der Waals surface area contributed by atoms with Gasteiger partial charge >= 0.3 is 0 Å². The molecule has 0 bridgehead atoms. The predicted octanol–water partition coefficient (Wildman–Crippen LogP) is 1.84. The lowest BCUT2D eigenvalue weighted by Crippen LogP contribution is -2.13. The zero-order chi connectivity index (χ0) is 12.3. The molecule has 1 aromatic heterocycles. The van der Waals surface area contributed by atoms with Crippen molar-refractivity contribution in [2.75, 3.05) is 24.8 Å². The first-order valence-electron chi connectivity index (χ1n) is 5.18. The van der Waals surface area contributed by atoms with Gasteiger partial charge in [0.15, 0.2) is 5.82 Å². The smallest absolute Gasteiger partial charge is 0.155 e. The van der Waals surface area contributed by atoms with Crippen LogP contribution < -0.4 is 15.4 Å². The molecule has 0 saturated heterocycles. The lowest BCUT2D eigenvalue weighted by atomic mass is 10.2. The molecule has 0 radical (unpaired) electrons. The number of rotatable bonds is 3. The van der Waals surface area contributed by atoms with E-state index in [0.29, 0.717) is 11.6 Å². The third-order valence-corrected chi connectivity index (χ3v) is 2.46. The largest absolute Gasteiger partial charge is 0.495 e. The second-order valence-electron chi connectivity index (χ2n) is 3.55. The van der Waals surface area contributed by atoms with E-state index < -0.39 is 0 Å². The van der Waals surface area contributed by atoms with Crippen molar-refractivity contribution in [3.05, 3.63) is 36.4 Å². The van der Waals surface area contributed by atoms with Crippen LogP contribution in [0.25, 0.3) is 0 Å². The van der Waals surface area contributed by atoms with Crippen LogP contribution in [0.3, 0.4) is 0 Å². The molecule has 0 aliphatic rings. The summed E-state index contributed by atoms with van der Waals surface area (Å²) in [5.41, 5.74) is 6.43. The Hall–Kier alpha value is -2.30. The van der Waals surface area contributed by atoms with E-state index in [1.807, 2.05) is 42.3 Å². The van der Waals surface area contributed by atoms with Crippen molar-refractivity contribution in [2.45, 2.75) is 0 Å². The molecule has 0 atom stereocenters. The topological polar surface area (TPSA) is 64.3 Å². The van der Waals surface area contributed by atoms with Crippen molar-refractivity contribution in [3.8, 4) is 5.75 Å². The van der Waals surface area contributed by atoms with Crippen LogP contribution in [-0.2, 0) is 0 Å². The van der Waals surface area contributed by atoms with Gasteiger partial charge in [-0.1, -0.05) is 12.1 Å². The summed E-state index contributed by atoms with van der Waals surface area (Å²) in [6.07, 6.45) is 0. The SMILES string of the molecule is COc1ccccc1N(C)c1ccc(N)nn1. The van der Waals surface area contributed by atoms with Gasteiger partial charge < -0.3 is 15.4 Å². The van der Waals surface area contributed by atoms with Gasteiger partial charge in [-0.05, 0) is 24.3 Å². The van der Waals surface area contributed by atoms with E-state index in [0.717, 1.165) is 11.4 Å². The molecule has 1 aromatic carbocycles. The number of nitrogens with zero attached hydrogens (tertiary/aromatic N) is 3. The molecule has 2 aromatic rings. The van der Waals surface area contributed by atoms with E-state index in [2.05, 4.69) is 10.2 Å². The Morgan fingerprint density at radius 2 is 1.88 bits per heavy atom. The van der Waals surface area contributed by atoms with Crippen molar-refractivity contribution in [1.29, 1.82) is 0 Å². The van der Waals surface area contributed by atoms with Gasteiger partial charge in [0.25, 0.3) is 0 Å². The third kappa shape index (κ3) is 2.28. The van der Waals surface area contributed by atoms with Crippen LogP contribution in [-0.4, -0.2) is 24.4 Å². The van der Waals surface area contributed by atoms with Crippen LogP contribution >= 0.6 is 0 Å². The van der Waals surface area contributed by atoms with E-state index in [1.54, 1.807) is 13.2 Å². The normalized spacial score (nSPS) is 10.0. The zero-order valence-electron chi connectivity index (χ0n) is 9.79. The van der Waals surface area contributed by atoms with E-state index >= 15 is 0 Å². The van der Waals surface area contributed by atoms with Crippen LogP contribution in [0.4, 0.5) is 17.3 Å². The first-order chi connectivity index (χ1) is 8.22. The average Bonchev–Trinajstić information content (AvgIpc) is 2.39. The molecule has 5 nitrogen and oxygen atoms in total. The summed E-state index contributed by atoms with van der Waals surface area (Å²) in [4.78, 5) is 1.89. The van der Waals surface area contributed by atoms with E-state index in [9.17, 15) is 0 Å². The number of hydrogen-bond donors (Lipinski definition) is 1. The van der Waals surface area contributed by atoms with Crippen molar-refractivity contribution in [1.82, 2.24) is 10.2 Å². The van der Waals surface area contributed by atoms with E-state index in [1.165, 1.54) is 0 Å². The van der Waals surface area contributed by atoms with Gasteiger partial charge in [0.2, 0.25) is 0 Å². The summed E-state index contributed by atoms with van der Waals surface area (Å²) in [5, 5.41) is 7.85. The van der Waals surface area contributed by atoms with Crippen LogP contribution in [0.15, 0.2) is 36.4 Å². The maximum absolute atomic E-state index is 5.50. The molecule has 0 fully saturated rings. The summed E-state index contributed by atoms with van der Waals surface area (Å²) < 4.78 is 5.30. The molecule has 5 heteroatoms. The third-order valence-electron chi connectivity index (χ3n) is 2.46. The highest BCUT2D eigenvalue weighted by atomic mass is 16.5. The summed E-state index contributed by atoms with van der Waals surface area (Å²) >= 11 is 0. The monoisotopic (exact) mass is 230 g/mol. The molecule has 0 amide bonds. The van der Waals surface area contributed by atoms with Gasteiger partial charge in [0, 0.05) is 7.05 Å². The molecule has 0 saturated carbocycles. The van der Waals surface area contributed by atoms with Crippen molar-refractivity contribution in [2.24, 2.45) is 0 Å². The van der Waals surface area contributed by atoms with Crippen molar-refractivity contribution >= 4 is 17.3 Å². The highest BCUT2D eigenvalue weighted by Crippen LogP contribution is 2.30.